The van der Waals surface area contributed by atoms with E-state index in [4.69, 9.17) is 9.84 Å². The second-order valence-electron chi connectivity index (χ2n) is 4.72. The largest absolute Gasteiger partial charge is 0.481 e. The molecule has 1 saturated heterocycles. The molecule has 1 N–H and O–H groups in total. The summed E-state index contributed by atoms with van der Waals surface area (Å²) in [5.41, 5.74) is 0.595. The van der Waals surface area contributed by atoms with E-state index in [9.17, 15) is 19.2 Å². The number of carbonyl (C=O) groups is 4. The van der Waals surface area contributed by atoms with Crippen molar-refractivity contribution in [2.75, 3.05) is 20.3 Å². The van der Waals surface area contributed by atoms with E-state index in [1.165, 1.54) is 13.2 Å². The van der Waals surface area contributed by atoms with Gasteiger partial charge in [0.05, 0.1) is 16.5 Å². The predicted octanol–water partition coefficient (Wildman–Crippen LogP) is 2.12. The lowest BCUT2D eigenvalue weighted by molar-refractivity contribution is -0.143. The van der Waals surface area contributed by atoms with Crippen molar-refractivity contribution in [1.29, 1.82) is 0 Å². The van der Waals surface area contributed by atoms with E-state index in [1.807, 2.05) is 0 Å². The second-order valence-corrected chi connectivity index (χ2v) is 6.56. The average Bonchev–Trinajstić information content (AvgIpc) is 2.81. The highest BCUT2D eigenvalue weighted by Crippen LogP contribution is 2.33. The Bertz CT molecular complexity index is 777. The summed E-state index contributed by atoms with van der Waals surface area (Å²) in [5, 5.41) is 8.10. The van der Waals surface area contributed by atoms with Gasteiger partial charge in [-0.15, -0.1) is 0 Å². The van der Waals surface area contributed by atoms with Crippen molar-refractivity contribution in [3.05, 3.63) is 33.1 Å². The van der Waals surface area contributed by atoms with Crippen LogP contribution in [-0.2, 0) is 19.1 Å². The minimum Gasteiger partial charge on any atom is -0.481 e. The zero-order valence-corrected chi connectivity index (χ0v) is 15.3. The zero-order valence-electron chi connectivity index (χ0n) is 12.9. The number of hydrogen-bond donors (Lipinski definition) is 1. The monoisotopic (exact) mass is 429 g/mol. The third-order valence-electron chi connectivity index (χ3n) is 2.99. The fourth-order valence-electron chi connectivity index (χ4n) is 1.84. The lowest BCUT2D eigenvalue weighted by atomic mass is 10.2. The number of carboxylic acid groups (broad SMARTS) is 1. The SMILES string of the molecule is COC(=O)COc1ccc(/C=C2/SC(=O)N(CC(=O)O)C2=O)cc1Br. The number of aliphatic carboxylic acids is 1. The van der Waals surface area contributed by atoms with Crippen LogP contribution in [0.5, 0.6) is 5.75 Å². The first kappa shape index (κ1) is 19.0. The molecule has 1 aromatic rings. The Morgan fingerprint density at radius 1 is 1.36 bits per heavy atom. The topological polar surface area (TPSA) is 110 Å². The van der Waals surface area contributed by atoms with Gasteiger partial charge < -0.3 is 14.6 Å². The van der Waals surface area contributed by atoms with E-state index in [2.05, 4.69) is 20.7 Å². The van der Waals surface area contributed by atoms with Crippen LogP contribution in [0, 0.1) is 0 Å². The first-order chi connectivity index (χ1) is 11.8. The number of esters is 1. The van der Waals surface area contributed by atoms with Crippen LogP contribution in [0.4, 0.5) is 4.79 Å². The van der Waals surface area contributed by atoms with E-state index in [0.29, 0.717) is 32.4 Å². The van der Waals surface area contributed by atoms with Gasteiger partial charge in [-0.25, -0.2) is 4.79 Å². The van der Waals surface area contributed by atoms with Crippen LogP contribution in [-0.4, -0.2) is 53.4 Å². The van der Waals surface area contributed by atoms with Crippen LogP contribution in [0.15, 0.2) is 27.6 Å². The van der Waals surface area contributed by atoms with Crippen molar-refractivity contribution >= 4 is 56.9 Å². The van der Waals surface area contributed by atoms with Gasteiger partial charge in [0.15, 0.2) is 6.61 Å². The maximum absolute atomic E-state index is 12.1. The summed E-state index contributed by atoms with van der Waals surface area (Å²) < 4.78 is 10.3. The third-order valence-corrected chi connectivity index (χ3v) is 4.52. The van der Waals surface area contributed by atoms with Crippen LogP contribution < -0.4 is 4.74 Å². The number of ether oxygens (including phenoxy) is 2. The van der Waals surface area contributed by atoms with Crippen molar-refractivity contribution in [2.24, 2.45) is 0 Å². The third kappa shape index (κ3) is 4.83. The van der Waals surface area contributed by atoms with Gasteiger partial charge in [-0.2, -0.15) is 0 Å². The Morgan fingerprint density at radius 2 is 2.08 bits per heavy atom. The number of nitrogens with zero attached hydrogens (tertiary/aromatic N) is 1. The summed E-state index contributed by atoms with van der Waals surface area (Å²) >= 11 is 3.96. The van der Waals surface area contributed by atoms with Gasteiger partial charge in [0.1, 0.15) is 12.3 Å². The van der Waals surface area contributed by atoms with E-state index < -0.39 is 29.6 Å². The fourth-order valence-corrected chi connectivity index (χ4v) is 3.19. The van der Waals surface area contributed by atoms with Crippen molar-refractivity contribution in [1.82, 2.24) is 4.90 Å². The van der Waals surface area contributed by atoms with Gasteiger partial charge in [0.2, 0.25) is 0 Å². The van der Waals surface area contributed by atoms with Gasteiger partial charge in [-0.05, 0) is 51.5 Å². The molecule has 10 heteroatoms. The van der Waals surface area contributed by atoms with Gasteiger partial charge >= 0.3 is 11.9 Å². The van der Waals surface area contributed by atoms with Crippen molar-refractivity contribution in [3.8, 4) is 5.75 Å². The molecule has 1 aliphatic rings. The molecular weight excluding hydrogens is 418 g/mol. The summed E-state index contributed by atoms with van der Waals surface area (Å²) in [4.78, 5) is 46.4. The van der Waals surface area contributed by atoms with Gasteiger partial charge in [0.25, 0.3) is 11.1 Å². The lowest BCUT2D eigenvalue weighted by Gasteiger charge is -2.08. The van der Waals surface area contributed by atoms with Crippen LogP contribution in [0.1, 0.15) is 5.56 Å². The highest BCUT2D eigenvalue weighted by molar-refractivity contribution is 9.10. The van der Waals surface area contributed by atoms with Crippen LogP contribution >= 0.6 is 27.7 Å². The second kappa shape index (κ2) is 8.17. The predicted molar refractivity (Wildman–Crippen MR) is 92.0 cm³/mol. The minimum absolute atomic E-state index is 0.126. The number of carboxylic acids is 1. The molecule has 1 heterocycles. The van der Waals surface area contributed by atoms with Crippen LogP contribution in [0.2, 0.25) is 0 Å². The average molecular weight is 430 g/mol. The molecule has 0 saturated carbocycles. The molecule has 0 bridgehead atoms. The quantitative estimate of drug-likeness (QED) is 0.540. The smallest absolute Gasteiger partial charge is 0.343 e. The number of rotatable bonds is 6. The van der Waals surface area contributed by atoms with Gasteiger partial charge in [-0.3, -0.25) is 19.3 Å². The summed E-state index contributed by atoms with van der Waals surface area (Å²) in [7, 11) is 1.25. The Hall–Kier alpha value is -2.33. The van der Waals surface area contributed by atoms with Gasteiger partial charge in [-0.1, -0.05) is 6.07 Å². The van der Waals surface area contributed by atoms with Gasteiger partial charge in [0, 0.05) is 0 Å². The fraction of sp³-hybridized carbons (Fsp3) is 0.200. The Labute approximate surface area is 154 Å². The molecule has 1 aliphatic heterocycles. The first-order valence-corrected chi connectivity index (χ1v) is 8.39. The Balaban J connectivity index is 2.14. The molecule has 0 aromatic heterocycles. The number of carbonyl (C=O) groups excluding carboxylic acids is 3. The highest BCUT2D eigenvalue weighted by Gasteiger charge is 2.36. The molecular formula is C15H12BrNO7S. The molecule has 0 atom stereocenters. The van der Waals surface area contributed by atoms with Crippen molar-refractivity contribution in [3.63, 3.8) is 0 Å². The molecule has 25 heavy (non-hydrogen) atoms. The van der Waals surface area contributed by atoms with Crippen molar-refractivity contribution in [2.45, 2.75) is 0 Å². The first-order valence-electron chi connectivity index (χ1n) is 6.78. The molecule has 0 radical (unpaired) electrons. The molecule has 0 aliphatic carbocycles. The molecule has 0 unspecified atom stereocenters. The number of benzene rings is 1. The summed E-state index contributed by atoms with van der Waals surface area (Å²) in [6.07, 6.45) is 1.47. The standard InChI is InChI=1S/C15H12BrNO7S/c1-23-13(20)7-24-10-3-2-8(4-9(10)16)5-11-14(21)17(6-12(18)19)15(22)25-11/h2-5H,6-7H2,1H3,(H,18,19)/b11-5+. The Kier molecular flexibility index (Phi) is 6.21. The van der Waals surface area contributed by atoms with E-state index in [0.717, 1.165) is 0 Å². The molecule has 2 amide bonds. The van der Waals surface area contributed by atoms with Crippen molar-refractivity contribution < 1.29 is 33.8 Å². The summed E-state index contributed by atoms with van der Waals surface area (Å²) in [6.45, 7) is -0.922. The molecule has 1 aromatic carbocycles. The molecule has 1 fully saturated rings. The van der Waals surface area contributed by atoms with E-state index >= 15 is 0 Å². The minimum atomic E-state index is -1.27. The number of halogens is 1. The number of methoxy groups -OCH3 is 1. The normalized spacial score (nSPS) is 15.6. The number of hydrogen-bond acceptors (Lipinski definition) is 7. The van der Waals surface area contributed by atoms with Crippen LogP contribution in [0.3, 0.4) is 0 Å². The maximum Gasteiger partial charge on any atom is 0.343 e. The van der Waals surface area contributed by atoms with E-state index in [-0.39, 0.29) is 11.5 Å². The summed E-state index contributed by atoms with van der Waals surface area (Å²) in [6, 6.07) is 4.85. The van der Waals surface area contributed by atoms with Crippen LogP contribution in [0.25, 0.3) is 6.08 Å². The zero-order chi connectivity index (χ0) is 18.6. The number of amides is 2. The molecule has 132 valence electrons. The number of imide groups is 1. The number of thioether (sulfide) groups is 1. The highest BCUT2D eigenvalue weighted by atomic mass is 79.9. The van der Waals surface area contributed by atoms with E-state index in [1.54, 1.807) is 18.2 Å². The maximum atomic E-state index is 12.1. The molecule has 8 nitrogen and oxygen atoms in total. The lowest BCUT2D eigenvalue weighted by Crippen LogP contribution is -2.33. The molecule has 2 rings (SSSR count). The summed E-state index contributed by atoms with van der Waals surface area (Å²) in [5.74, 6) is -2.04. The Morgan fingerprint density at radius 3 is 2.68 bits per heavy atom. The molecule has 0 spiro atoms.